The highest BCUT2D eigenvalue weighted by Crippen LogP contribution is 2.29. The zero-order valence-electron chi connectivity index (χ0n) is 20.8. The number of fused-ring (bicyclic) bond motifs is 1. The van der Waals surface area contributed by atoms with Crippen LogP contribution in [-0.4, -0.2) is 66.0 Å². The van der Waals surface area contributed by atoms with E-state index in [-0.39, 0.29) is 11.3 Å². The Kier molecular flexibility index (Phi) is 8.47. The molecule has 2 aromatic heterocycles. The number of nitrogens with zero attached hydrogens (tertiary/aromatic N) is 3. The Balaban J connectivity index is 1.66. The van der Waals surface area contributed by atoms with Gasteiger partial charge in [0.1, 0.15) is 29.1 Å². The first-order valence-electron chi connectivity index (χ1n) is 11.9. The fourth-order valence-corrected chi connectivity index (χ4v) is 4.21. The van der Waals surface area contributed by atoms with Crippen LogP contribution in [0.1, 0.15) is 35.8 Å². The van der Waals surface area contributed by atoms with Gasteiger partial charge in [0.2, 0.25) is 0 Å². The molecule has 3 unspecified atom stereocenters. The van der Waals surface area contributed by atoms with Crippen LogP contribution in [0.5, 0.6) is 0 Å². The number of aliphatic hydroxyl groups is 3. The average Bonchev–Trinajstić information content (AvgIpc) is 3.38. The Bertz CT molecular complexity index is 1380. The predicted octanol–water partition coefficient (Wildman–Crippen LogP) is 3.18. The second kappa shape index (κ2) is 11.8. The summed E-state index contributed by atoms with van der Waals surface area (Å²) < 4.78 is 22.7. The number of alkyl halides is 1. The van der Waals surface area contributed by atoms with Crippen molar-refractivity contribution in [3.63, 3.8) is 0 Å². The first-order valence-corrected chi connectivity index (χ1v) is 12.6. The third-order valence-corrected chi connectivity index (χ3v) is 6.48. The monoisotopic (exact) mass is 540 g/mol. The number of aliphatic hydroxyl groups excluding tert-OH is 2. The summed E-state index contributed by atoms with van der Waals surface area (Å²) in [6.07, 6.45) is -1.56. The fraction of sp³-hybridized carbons (Fsp3) is 0.308. The third-order valence-electron chi connectivity index (χ3n) is 5.92. The zero-order valence-corrected chi connectivity index (χ0v) is 21.6. The molecule has 0 aliphatic heterocycles. The predicted molar refractivity (Wildman–Crippen MR) is 144 cm³/mol. The Labute approximate surface area is 222 Å². The molecule has 0 spiro atoms. The molecule has 3 atom stereocenters. The number of halogens is 1. The minimum Gasteiger partial charge on any atom is -0.394 e. The van der Waals surface area contributed by atoms with Crippen molar-refractivity contribution in [2.45, 2.75) is 37.8 Å². The molecule has 12 heteroatoms. The van der Waals surface area contributed by atoms with Crippen LogP contribution in [0, 0.1) is 0 Å². The van der Waals surface area contributed by atoms with Crippen molar-refractivity contribution in [2.75, 3.05) is 23.8 Å². The number of amides is 1. The number of pyridine rings is 1. The molecule has 200 valence electrons. The standard InChI is InChI=1S/C26H29FN6O4S/c1-26(2,37)22(27)13-29-25(36)17-12-28-23(30-16-8-9-18-20(10-16)33-38-32-18)11-19(17)31-24(21(35)14-34)15-6-4-3-5-7-15/h3-12,21-22,24,34-35,37H,13-14H2,1-2H3,(H,29,36)(H2,28,30,31). The van der Waals surface area contributed by atoms with Gasteiger partial charge in [-0.1, -0.05) is 30.3 Å². The van der Waals surface area contributed by atoms with Crippen LogP contribution >= 0.6 is 11.7 Å². The molecule has 0 aliphatic rings. The topological polar surface area (TPSA) is 153 Å². The van der Waals surface area contributed by atoms with Crippen LogP contribution in [0.4, 0.5) is 21.6 Å². The molecule has 0 fully saturated rings. The maximum absolute atomic E-state index is 14.3. The SMILES string of the molecule is CC(C)(O)C(F)CNC(=O)c1cnc(Nc2ccc3nsnc3c2)cc1NC(c1ccccc1)C(O)CO. The summed E-state index contributed by atoms with van der Waals surface area (Å²) in [5.74, 6) is -0.240. The van der Waals surface area contributed by atoms with Gasteiger partial charge in [-0.15, -0.1) is 0 Å². The summed E-state index contributed by atoms with van der Waals surface area (Å²) >= 11 is 1.11. The van der Waals surface area contributed by atoms with E-state index in [0.29, 0.717) is 17.1 Å². The van der Waals surface area contributed by atoms with E-state index in [0.717, 1.165) is 22.8 Å². The zero-order chi connectivity index (χ0) is 27.3. The molecule has 0 saturated heterocycles. The minimum absolute atomic E-state index is 0.0868. The number of hydrogen-bond acceptors (Lipinski definition) is 10. The summed E-state index contributed by atoms with van der Waals surface area (Å²) in [5, 5.41) is 38.9. The number of carbonyl (C=O) groups is 1. The van der Waals surface area contributed by atoms with Crippen LogP contribution in [0.25, 0.3) is 11.0 Å². The van der Waals surface area contributed by atoms with E-state index in [1.807, 2.05) is 24.3 Å². The van der Waals surface area contributed by atoms with Gasteiger partial charge in [-0.25, -0.2) is 9.37 Å². The highest BCUT2D eigenvalue weighted by Gasteiger charge is 2.28. The van der Waals surface area contributed by atoms with Crippen LogP contribution in [0.2, 0.25) is 0 Å². The molecule has 0 saturated carbocycles. The summed E-state index contributed by atoms with van der Waals surface area (Å²) in [7, 11) is 0. The molecule has 0 bridgehead atoms. The van der Waals surface area contributed by atoms with Crippen molar-refractivity contribution >= 4 is 45.9 Å². The maximum Gasteiger partial charge on any atom is 0.255 e. The fourth-order valence-electron chi connectivity index (χ4n) is 3.69. The highest BCUT2D eigenvalue weighted by molar-refractivity contribution is 7.00. The first kappa shape index (κ1) is 27.3. The van der Waals surface area contributed by atoms with Crippen LogP contribution in [0.15, 0.2) is 60.8 Å². The number of carbonyl (C=O) groups excluding carboxylic acids is 1. The van der Waals surface area contributed by atoms with E-state index >= 15 is 0 Å². The molecule has 2 aromatic carbocycles. The Morgan fingerprint density at radius 1 is 1.11 bits per heavy atom. The largest absolute Gasteiger partial charge is 0.394 e. The Hall–Kier alpha value is -3.71. The van der Waals surface area contributed by atoms with E-state index in [2.05, 4.69) is 29.7 Å². The minimum atomic E-state index is -1.69. The summed E-state index contributed by atoms with van der Waals surface area (Å²) in [4.78, 5) is 17.4. The second-order valence-corrected chi connectivity index (χ2v) is 9.85. The normalized spacial score (nSPS) is 14.1. The molecule has 4 aromatic rings. The number of aromatic nitrogens is 3. The Morgan fingerprint density at radius 3 is 2.55 bits per heavy atom. The van der Waals surface area contributed by atoms with E-state index in [4.69, 9.17) is 0 Å². The smallest absolute Gasteiger partial charge is 0.255 e. The number of anilines is 3. The van der Waals surface area contributed by atoms with Crippen LogP contribution in [-0.2, 0) is 0 Å². The van der Waals surface area contributed by atoms with Crippen LogP contribution in [0.3, 0.4) is 0 Å². The lowest BCUT2D eigenvalue weighted by Crippen LogP contribution is -2.42. The molecule has 2 heterocycles. The van der Waals surface area contributed by atoms with E-state index in [9.17, 15) is 24.5 Å². The number of nitrogens with one attached hydrogen (secondary N) is 3. The summed E-state index contributed by atoms with van der Waals surface area (Å²) in [5.41, 5.74) is 1.61. The molecular weight excluding hydrogens is 511 g/mol. The van der Waals surface area contributed by atoms with Crippen molar-refractivity contribution in [1.82, 2.24) is 19.0 Å². The lowest BCUT2D eigenvalue weighted by atomic mass is 10.0. The number of hydrogen-bond donors (Lipinski definition) is 6. The van der Waals surface area contributed by atoms with Gasteiger partial charge in [0.25, 0.3) is 5.91 Å². The summed E-state index contributed by atoms with van der Waals surface area (Å²) in [6.45, 7) is 1.70. The van der Waals surface area contributed by atoms with Gasteiger partial charge in [0.15, 0.2) is 0 Å². The molecule has 6 N–H and O–H groups in total. The highest BCUT2D eigenvalue weighted by atomic mass is 32.1. The first-order chi connectivity index (χ1) is 18.2. The van der Waals surface area contributed by atoms with E-state index in [1.165, 1.54) is 20.0 Å². The van der Waals surface area contributed by atoms with Crippen LogP contribution < -0.4 is 16.0 Å². The maximum atomic E-state index is 14.3. The van der Waals surface area contributed by atoms with Gasteiger partial charge in [0, 0.05) is 18.0 Å². The van der Waals surface area contributed by atoms with E-state index < -0.39 is 43.0 Å². The Morgan fingerprint density at radius 2 is 1.84 bits per heavy atom. The van der Waals surface area contributed by atoms with Crippen molar-refractivity contribution < 1.29 is 24.5 Å². The van der Waals surface area contributed by atoms with Gasteiger partial charge in [-0.3, -0.25) is 4.79 Å². The van der Waals surface area contributed by atoms with Crippen molar-refractivity contribution in [2.24, 2.45) is 0 Å². The second-order valence-electron chi connectivity index (χ2n) is 9.32. The van der Waals surface area contributed by atoms with Gasteiger partial charge < -0.3 is 31.3 Å². The van der Waals surface area contributed by atoms with Gasteiger partial charge in [-0.05, 0) is 37.6 Å². The molecule has 0 radical (unpaired) electrons. The summed E-state index contributed by atoms with van der Waals surface area (Å²) in [6, 6.07) is 15.2. The quantitative estimate of drug-likeness (QED) is 0.168. The van der Waals surface area contributed by atoms with Gasteiger partial charge in [-0.2, -0.15) is 8.75 Å². The molecule has 1 amide bonds. The lowest BCUT2D eigenvalue weighted by molar-refractivity contribution is -0.00177. The molecular formula is C26H29FN6O4S. The number of rotatable bonds is 11. The molecule has 10 nitrogen and oxygen atoms in total. The number of benzene rings is 2. The van der Waals surface area contributed by atoms with E-state index in [1.54, 1.807) is 30.3 Å². The van der Waals surface area contributed by atoms with Crippen molar-refractivity contribution in [3.05, 3.63) is 71.9 Å². The van der Waals surface area contributed by atoms with Gasteiger partial charge in [0.05, 0.1) is 47.8 Å². The molecule has 4 rings (SSSR count). The van der Waals surface area contributed by atoms with Crippen molar-refractivity contribution in [1.29, 1.82) is 0 Å². The lowest BCUT2D eigenvalue weighted by Gasteiger charge is -2.26. The average molecular weight is 541 g/mol. The van der Waals surface area contributed by atoms with Crippen molar-refractivity contribution in [3.8, 4) is 0 Å². The third kappa shape index (κ3) is 6.58. The molecule has 38 heavy (non-hydrogen) atoms. The van der Waals surface area contributed by atoms with Gasteiger partial charge >= 0.3 is 0 Å². The molecule has 0 aliphatic carbocycles.